The topological polar surface area (TPSA) is 105 Å². The molecule has 1 heterocycles. The van der Waals surface area contributed by atoms with Gasteiger partial charge in [-0.15, -0.1) is 0 Å². The van der Waals surface area contributed by atoms with E-state index in [2.05, 4.69) is 15.5 Å². The van der Waals surface area contributed by atoms with Crippen LogP contribution in [0.5, 0.6) is 0 Å². The average Bonchev–Trinajstić information content (AvgIpc) is 2.57. The molecular formula is C17H11N5O. The lowest BCUT2D eigenvalue weighted by molar-refractivity contribution is 1.33. The first-order valence-electron chi connectivity index (χ1n) is 6.83. The Morgan fingerprint density at radius 3 is 2.70 bits per heavy atom. The van der Waals surface area contributed by atoms with Gasteiger partial charge in [0.2, 0.25) is 5.71 Å². The third-order valence-electron chi connectivity index (χ3n) is 3.49. The largest absolute Gasteiger partial charge is 0.353 e. The number of anilines is 1. The van der Waals surface area contributed by atoms with Gasteiger partial charge >= 0.3 is 0 Å². The van der Waals surface area contributed by atoms with Crippen LogP contribution in [0, 0.1) is 29.6 Å². The van der Waals surface area contributed by atoms with Crippen molar-refractivity contribution < 1.29 is 0 Å². The molecule has 0 unspecified atom stereocenters. The number of hydrazone groups is 1. The molecule has 0 saturated heterocycles. The highest BCUT2D eigenvalue weighted by Gasteiger charge is 2.08. The number of benzene rings is 2. The Morgan fingerprint density at radius 2 is 1.96 bits per heavy atom. The average molecular weight is 301 g/mol. The molecule has 3 rings (SSSR count). The maximum absolute atomic E-state index is 12.7. The molecule has 0 aliphatic heterocycles. The molecule has 0 spiro atoms. The molecular weight excluding hydrogens is 290 g/mol. The standard InChI is InChI=1S/C17H11N5O/c1-10-5-6-14-13(7-10)17(23)12-3-2-4-15(16(12)20-14)22-21-11(8-18)9-19/h2-7,22H,1H3,(H,20,23). The summed E-state index contributed by atoms with van der Waals surface area (Å²) in [6.07, 6.45) is 0. The normalized spacial score (nSPS) is 10.0. The van der Waals surface area contributed by atoms with Gasteiger partial charge in [0.1, 0.15) is 12.1 Å². The van der Waals surface area contributed by atoms with Gasteiger partial charge in [0, 0.05) is 16.3 Å². The van der Waals surface area contributed by atoms with Crippen molar-refractivity contribution in [3.63, 3.8) is 0 Å². The summed E-state index contributed by atoms with van der Waals surface area (Å²) in [6, 6.07) is 14.1. The molecule has 23 heavy (non-hydrogen) atoms. The van der Waals surface area contributed by atoms with Gasteiger partial charge in [-0.05, 0) is 31.2 Å². The number of aromatic amines is 1. The molecule has 3 aromatic rings. The third kappa shape index (κ3) is 2.50. The van der Waals surface area contributed by atoms with Crippen LogP contribution < -0.4 is 10.9 Å². The summed E-state index contributed by atoms with van der Waals surface area (Å²) in [4.78, 5) is 15.9. The number of hydrogen-bond donors (Lipinski definition) is 2. The molecule has 6 nitrogen and oxygen atoms in total. The fourth-order valence-corrected chi connectivity index (χ4v) is 2.40. The first-order chi connectivity index (χ1) is 11.1. The zero-order valence-electron chi connectivity index (χ0n) is 12.2. The first kappa shape index (κ1) is 14.3. The van der Waals surface area contributed by atoms with Crippen LogP contribution in [0.25, 0.3) is 21.8 Å². The summed E-state index contributed by atoms with van der Waals surface area (Å²) in [5.41, 5.74) is 5.12. The monoisotopic (exact) mass is 301 g/mol. The maximum atomic E-state index is 12.7. The van der Waals surface area contributed by atoms with Gasteiger partial charge in [0.25, 0.3) is 0 Å². The molecule has 0 aliphatic carbocycles. The van der Waals surface area contributed by atoms with Crippen LogP contribution in [0.4, 0.5) is 5.69 Å². The number of para-hydroxylation sites is 1. The molecule has 0 amide bonds. The second-order valence-electron chi connectivity index (χ2n) is 5.03. The Bertz CT molecular complexity index is 1080. The molecule has 2 N–H and O–H groups in total. The molecule has 0 atom stereocenters. The van der Waals surface area contributed by atoms with Crippen LogP contribution in [0.1, 0.15) is 5.56 Å². The molecule has 110 valence electrons. The molecule has 2 aromatic carbocycles. The van der Waals surface area contributed by atoms with Crippen LogP contribution >= 0.6 is 0 Å². The van der Waals surface area contributed by atoms with E-state index in [1.165, 1.54) is 0 Å². The lowest BCUT2D eigenvalue weighted by Crippen LogP contribution is -2.06. The summed E-state index contributed by atoms with van der Waals surface area (Å²) in [7, 11) is 0. The SMILES string of the molecule is Cc1ccc2[nH]c3c(NN=C(C#N)C#N)cccc3c(=O)c2c1. The summed E-state index contributed by atoms with van der Waals surface area (Å²) in [5, 5.41) is 22.3. The molecule has 0 saturated carbocycles. The van der Waals surface area contributed by atoms with E-state index in [9.17, 15) is 4.79 Å². The number of hydrogen-bond acceptors (Lipinski definition) is 5. The number of fused-ring (bicyclic) bond motifs is 2. The van der Waals surface area contributed by atoms with Gasteiger partial charge in [-0.3, -0.25) is 10.2 Å². The number of aromatic nitrogens is 1. The Kier molecular flexibility index (Phi) is 3.50. The third-order valence-corrected chi connectivity index (χ3v) is 3.49. The number of nitrogens with one attached hydrogen (secondary N) is 2. The Balaban J connectivity index is 2.26. The minimum atomic E-state index is -0.291. The fourth-order valence-electron chi connectivity index (χ4n) is 2.40. The van der Waals surface area contributed by atoms with Crippen molar-refractivity contribution in [2.24, 2.45) is 5.10 Å². The number of aryl methyl sites for hydroxylation is 1. The quantitative estimate of drug-likeness (QED) is 0.431. The summed E-state index contributed by atoms with van der Waals surface area (Å²) < 4.78 is 0. The Morgan fingerprint density at radius 1 is 1.17 bits per heavy atom. The van der Waals surface area contributed by atoms with E-state index in [0.29, 0.717) is 27.5 Å². The van der Waals surface area contributed by atoms with E-state index >= 15 is 0 Å². The van der Waals surface area contributed by atoms with E-state index in [1.54, 1.807) is 30.3 Å². The molecule has 0 radical (unpaired) electrons. The molecule has 0 fully saturated rings. The highest BCUT2D eigenvalue weighted by molar-refractivity contribution is 6.10. The van der Waals surface area contributed by atoms with Crippen molar-refractivity contribution in [2.75, 3.05) is 5.43 Å². The van der Waals surface area contributed by atoms with E-state index in [-0.39, 0.29) is 11.1 Å². The van der Waals surface area contributed by atoms with Crippen LogP contribution in [-0.2, 0) is 0 Å². The van der Waals surface area contributed by atoms with Gasteiger partial charge in [-0.2, -0.15) is 15.6 Å². The molecule has 0 aliphatic rings. The molecule has 6 heteroatoms. The summed E-state index contributed by atoms with van der Waals surface area (Å²) in [6.45, 7) is 1.93. The fraction of sp³-hybridized carbons (Fsp3) is 0.0588. The van der Waals surface area contributed by atoms with Crippen molar-refractivity contribution in [2.45, 2.75) is 6.92 Å². The predicted octanol–water partition coefficient (Wildman–Crippen LogP) is 2.80. The van der Waals surface area contributed by atoms with E-state index < -0.39 is 0 Å². The zero-order chi connectivity index (χ0) is 16.4. The van der Waals surface area contributed by atoms with Gasteiger partial charge in [-0.1, -0.05) is 17.7 Å². The first-order valence-corrected chi connectivity index (χ1v) is 6.83. The second-order valence-corrected chi connectivity index (χ2v) is 5.03. The van der Waals surface area contributed by atoms with Crippen molar-refractivity contribution in [3.05, 3.63) is 52.2 Å². The zero-order valence-corrected chi connectivity index (χ0v) is 12.2. The van der Waals surface area contributed by atoms with E-state index in [0.717, 1.165) is 5.56 Å². The highest BCUT2D eigenvalue weighted by Crippen LogP contribution is 2.22. The van der Waals surface area contributed by atoms with Gasteiger partial charge in [0.05, 0.1) is 11.2 Å². The number of nitrogens with zero attached hydrogens (tertiary/aromatic N) is 3. The van der Waals surface area contributed by atoms with Crippen LogP contribution in [0.3, 0.4) is 0 Å². The minimum absolute atomic E-state index is 0.0779. The number of H-pyrrole nitrogens is 1. The van der Waals surface area contributed by atoms with Crippen LogP contribution in [0.15, 0.2) is 46.3 Å². The highest BCUT2D eigenvalue weighted by atomic mass is 16.1. The summed E-state index contributed by atoms with van der Waals surface area (Å²) in [5.74, 6) is 0. The Labute approximate surface area is 131 Å². The smallest absolute Gasteiger partial charge is 0.237 e. The lowest BCUT2D eigenvalue weighted by atomic mass is 10.1. The molecule has 1 aromatic heterocycles. The van der Waals surface area contributed by atoms with Crippen LogP contribution in [-0.4, -0.2) is 10.7 Å². The summed E-state index contributed by atoms with van der Waals surface area (Å²) >= 11 is 0. The Hall–Kier alpha value is -3.64. The van der Waals surface area contributed by atoms with Crippen molar-refractivity contribution in [3.8, 4) is 12.1 Å². The van der Waals surface area contributed by atoms with Gasteiger partial charge in [-0.25, -0.2) is 0 Å². The van der Waals surface area contributed by atoms with Crippen molar-refractivity contribution in [1.82, 2.24) is 4.98 Å². The minimum Gasteiger partial charge on any atom is -0.353 e. The maximum Gasteiger partial charge on any atom is 0.237 e. The van der Waals surface area contributed by atoms with Crippen molar-refractivity contribution in [1.29, 1.82) is 10.5 Å². The van der Waals surface area contributed by atoms with Gasteiger partial charge in [0.15, 0.2) is 5.43 Å². The number of nitriles is 2. The second kappa shape index (κ2) is 5.63. The van der Waals surface area contributed by atoms with E-state index in [4.69, 9.17) is 10.5 Å². The lowest BCUT2D eigenvalue weighted by Gasteiger charge is -2.08. The molecule has 0 bridgehead atoms. The van der Waals surface area contributed by atoms with Crippen LogP contribution in [0.2, 0.25) is 0 Å². The number of rotatable bonds is 2. The van der Waals surface area contributed by atoms with Gasteiger partial charge < -0.3 is 4.98 Å². The van der Waals surface area contributed by atoms with Crippen molar-refractivity contribution >= 4 is 33.2 Å². The number of pyridine rings is 1. The predicted molar refractivity (Wildman–Crippen MR) is 89.1 cm³/mol. The van der Waals surface area contributed by atoms with E-state index in [1.807, 2.05) is 25.1 Å².